The SMILES string of the molecule is CC(C)(SC(c1ccccc1)(c1ccccc1)c1ccccc1)[C@H](CC(=O)OCC1c2ccccc2-c2ccccc21)C(=O)O. The number of benzene rings is 5. The summed E-state index contributed by atoms with van der Waals surface area (Å²) in [6.07, 6.45) is -0.236. The van der Waals surface area contributed by atoms with Gasteiger partial charge >= 0.3 is 11.9 Å². The van der Waals surface area contributed by atoms with Gasteiger partial charge in [0.05, 0.1) is 17.1 Å². The minimum Gasteiger partial charge on any atom is -0.481 e. The van der Waals surface area contributed by atoms with E-state index in [2.05, 4.69) is 60.7 Å². The summed E-state index contributed by atoms with van der Waals surface area (Å²) in [5.74, 6) is -2.63. The Morgan fingerprint density at radius 1 is 0.667 bits per heavy atom. The molecule has 226 valence electrons. The highest BCUT2D eigenvalue weighted by molar-refractivity contribution is 8.02. The average Bonchev–Trinajstić information content (AvgIpc) is 3.39. The van der Waals surface area contributed by atoms with Crippen molar-refractivity contribution in [2.45, 2.75) is 35.7 Å². The lowest BCUT2D eigenvalue weighted by atomic mass is 9.84. The van der Waals surface area contributed by atoms with Crippen LogP contribution in [0.1, 0.15) is 54.0 Å². The van der Waals surface area contributed by atoms with Crippen molar-refractivity contribution >= 4 is 23.7 Å². The summed E-state index contributed by atoms with van der Waals surface area (Å²) < 4.78 is 4.26. The molecule has 0 unspecified atom stereocenters. The zero-order valence-electron chi connectivity index (χ0n) is 25.4. The van der Waals surface area contributed by atoms with Crippen molar-refractivity contribution in [3.05, 3.63) is 167 Å². The van der Waals surface area contributed by atoms with Crippen molar-refractivity contribution in [1.29, 1.82) is 0 Å². The molecule has 0 bridgehead atoms. The molecule has 5 aromatic rings. The number of hydrogen-bond acceptors (Lipinski definition) is 4. The van der Waals surface area contributed by atoms with E-state index in [0.717, 1.165) is 38.9 Å². The Morgan fingerprint density at radius 2 is 1.07 bits per heavy atom. The van der Waals surface area contributed by atoms with E-state index in [9.17, 15) is 14.7 Å². The van der Waals surface area contributed by atoms with Gasteiger partial charge in [-0.15, -0.1) is 11.8 Å². The third-order valence-corrected chi connectivity index (χ3v) is 10.7. The maximum Gasteiger partial charge on any atom is 0.308 e. The number of hydrogen-bond donors (Lipinski definition) is 1. The van der Waals surface area contributed by atoms with Crippen molar-refractivity contribution in [2.24, 2.45) is 5.92 Å². The number of esters is 1. The fraction of sp³-hybridized carbons (Fsp3) is 0.200. The van der Waals surface area contributed by atoms with Crippen LogP contribution < -0.4 is 0 Å². The van der Waals surface area contributed by atoms with E-state index >= 15 is 0 Å². The highest BCUT2D eigenvalue weighted by Crippen LogP contribution is 2.55. The van der Waals surface area contributed by atoms with Gasteiger partial charge in [-0.1, -0.05) is 140 Å². The molecule has 1 aliphatic rings. The van der Waals surface area contributed by atoms with Crippen molar-refractivity contribution in [3.63, 3.8) is 0 Å². The van der Waals surface area contributed by atoms with Gasteiger partial charge in [0.1, 0.15) is 6.61 Å². The van der Waals surface area contributed by atoms with Gasteiger partial charge in [0.25, 0.3) is 0 Å². The lowest BCUT2D eigenvalue weighted by Gasteiger charge is -2.43. The zero-order chi connectivity index (χ0) is 31.4. The minimum atomic E-state index is -1.02. The van der Waals surface area contributed by atoms with Crippen LogP contribution in [-0.2, 0) is 19.1 Å². The number of carboxylic acids is 1. The molecule has 6 rings (SSSR count). The molecule has 1 atom stereocenters. The van der Waals surface area contributed by atoms with Crippen LogP contribution in [0.15, 0.2) is 140 Å². The van der Waals surface area contributed by atoms with E-state index in [1.54, 1.807) is 11.8 Å². The summed E-state index contributed by atoms with van der Waals surface area (Å²) in [5.41, 5.74) is 7.64. The van der Waals surface area contributed by atoms with Crippen molar-refractivity contribution < 1.29 is 19.4 Å². The van der Waals surface area contributed by atoms with Gasteiger partial charge < -0.3 is 9.84 Å². The van der Waals surface area contributed by atoms with Crippen LogP contribution in [0, 0.1) is 5.92 Å². The summed E-state index contributed by atoms with van der Waals surface area (Å²) in [5, 5.41) is 10.6. The predicted molar refractivity (Wildman–Crippen MR) is 181 cm³/mol. The van der Waals surface area contributed by atoms with Gasteiger partial charge in [0.15, 0.2) is 0 Å². The summed E-state index contributed by atoms with van der Waals surface area (Å²) in [7, 11) is 0. The van der Waals surface area contributed by atoms with E-state index in [1.807, 2.05) is 92.7 Å². The third kappa shape index (κ3) is 5.93. The summed E-state index contributed by atoms with van der Waals surface area (Å²) >= 11 is 1.57. The molecule has 5 heteroatoms. The van der Waals surface area contributed by atoms with Gasteiger partial charge in [0.2, 0.25) is 0 Å². The molecule has 1 aliphatic carbocycles. The van der Waals surface area contributed by atoms with Crippen molar-refractivity contribution in [1.82, 2.24) is 0 Å². The van der Waals surface area contributed by atoms with Gasteiger partial charge in [0, 0.05) is 10.7 Å². The first kappa shape index (κ1) is 30.4. The molecule has 0 aromatic heterocycles. The summed E-state index contributed by atoms with van der Waals surface area (Å²) in [4.78, 5) is 26.4. The largest absolute Gasteiger partial charge is 0.481 e. The van der Waals surface area contributed by atoms with E-state index in [0.29, 0.717) is 0 Å². The monoisotopic (exact) mass is 612 g/mol. The first-order chi connectivity index (χ1) is 21.8. The van der Waals surface area contributed by atoms with Gasteiger partial charge in [-0.2, -0.15) is 0 Å². The summed E-state index contributed by atoms with van der Waals surface area (Å²) in [6.45, 7) is 4.02. The second-order valence-electron chi connectivity index (χ2n) is 12.0. The Bertz CT molecular complexity index is 1640. The van der Waals surface area contributed by atoms with Gasteiger partial charge in [-0.05, 0) is 52.8 Å². The maximum absolute atomic E-state index is 13.5. The molecule has 0 amide bonds. The highest BCUT2D eigenvalue weighted by atomic mass is 32.2. The Balaban J connectivity index is 1.30. The number of carboxylic acid groups (broad SMARTS) is 1. The Hall–Kier alpha value is -4.61. The lowest BCUT2D eigenvalue weighted by Crippen LogP contribution is -2.41. The molecule has 45 heavy (non-hydrogen) atoms. The number of carbonyl (C=O) groups excluding carboxylic acids is 1. The minimum absolute atomic E-state index is 0.0890. The quantitative estimate of drug-likeness (QED) is 0.119. The zero-order valence-corrected chi connectivity index (χ0v) is 26.2. The Kier molecular flexibility index (Phi) is 8.64. The molecular weight excluding hydrogens is 577 g/mol. The Morgan fingerprint density at radius 3 is 1.49 bits per heavy atom. The van der Waals surface area contributed by atoms with E-state index < -0.39 is 27.4 Å². The fourth-order valence-corrected chi connectivity index (χ4v) is 8.51. The molecule has 0 spiro atoms. The molecule has 0 heterocycles. The second-order valence-corrected chi connectivity index (χ2v) is 13.9. The summed E-state index contributed by atoms with van der Waals surface area (Å²) in [6, 6.07) is 46.9. The second kappa shape index (κ2) is 12.8. The number of rotatable bonds is 11. The van der Waals surface area contributed by atoms with Crippen molar-refractivity contribution in [3.8, 4) is 11.1 Å². The first-order valence-electron chi connectivity index (χ1n) is 15.2. The van der Waals surface area contributed by atoms with Crippen LogP contribution in [0.25, 0.3) is 11.1 Å². The van der Waals surface area contributed by atoms with Crippen LogP contribution in [0.4, 0.5) is 0 Å². The normalized spacial score (nSPS) is 13.5. The molecule has 0 saturated heterocycles. The number of aliphatic carboxylic acids is 1. The number of ether oxygens (including phenoxy) is 1. The van der Waals surface area contributed by atoms with E-state index in [-0.39, 0.29) is 18.9 Å². The number of carbonyl (C=O) groups is 2. The van der Waals surface area contributed by atoms with Crippen molar-refractivity contribution in [2.75, 3.05) is 6.61 Å². The lowest BCUT2D eigenvalue weighted by molar-refractivity contribution is -0.152. The molecule has 4 nitrogen and oxygen atoms in total. The van der Waals surface area contributed by atoms with Crippen LogP contribution in [0.2, 0.25) is 0 Å². The number of fused-ring (bicyclic) bond motifs is 3. The number of thioether (sulfide) groups is 1. The van der Waals surface area contributed by atoms with E-state index in [1.165, 1.54) is 0 Å². The highest BCUT2D eigenvalue weighted by Gasteiger charge is 2.47. The van der Waals surface area contributed by atoms with Crippen LogP contribution in [-0.4, -0.2) is 28.4 Å². The molecule has 0 fully saturated rings. The van der Waals surface area contributed by atoms with Crippen LogP contribution in [0.3, 0.4) is 0 Å². The molecule has 1 N–H and O–H groups in total. The van der Waals surface area contributed by atoms with Crippen LogP contribution in [0.5, 0.6) is 0 Å². The first-order valence-corrected chi connectivity index (χ1v) is 16.1. The average molecular weight is 613 g/mol. The maximum atomic E-state index is 13.5. The van der Waals surface area contributed by atoms with Gasteiger partial charge in [-0.25, -0.2) is 0 Å². The fourth-order valence-electron chi connectivity index (χ4n) is 6.63. The Labute approximate surface area is 269 Å². The smallest absolute Gasteiger partial charge is 0.308 e. The molecule has 0 saturated carbocycles. The molecule has 0 aliphatic heterocycles. The standard InChI is InChI=1S/C40H36O4S/c1-39(2,45-40(28-16-6-3-7-17-28,29-18-8-4-9-19-29)30-20-10-5-11-21-30)36(38(42)43)26-37(41)44-27-35-33-24-14-12-22-31(33)32-23-13-15-25-34(32)35/h3-25,35-36H,26-27H2,1-2H3,(H,42,43)/t36-/m1/s1. The topological polar surface area (TPSA) is 63.6 Å². The third-order valence-electron chi connectivity index (χ3n) is 8.84. The molecular formula is C40H36O4S. The predicted octanol–water partition coefficient (Wildman–Crippen LogP) is 8.94. The van der Waals surface area contributed by atoms with Crippen LogP contribution >= 0.6 is 11.8 Å². The van der Waals surface area contributed by atoms with E-state index in [4.69, 9.17) is 4.74 Å². The van der Waals surface area contributed by atoms with Gasteiger partial charge in [-0.3, -0.25) is 9.59 Å². The molecule has 5 aromatic carbocycles. The molecule has 0 radical (unpaired) electrons.